The van der Waals surface area contributed by atoms with Gasteiger partial charge in [-0.25, -0.2) is 0 Å². The molecule has 0 radical (unpaired) electrons. The third-order valence-electron chi connectivity index (χ3n) is 5.21. The molecule has 1 aliphatic carbocycles. The van der Waals surface area contributed by atoms with Crippen molar-refractivity contribution in [3.63, 3.8) is 0 Å². The van der Waals surface area contributed by atoms with Crippen LogP contribution in [0.4, 0.5) is 0 Å². The molecule has 1 saturated heterocycles. The standard InChI is InChI=1S/C16H28N2O3/c1-17-16(8-4-3-5-9-16)12-14(19)18-10-6-13(7-11-18)15(20)21-2/h13,17H,3-12H2,1-2H3. The molecule has 2 rings (SSSR count). The molecule has 1 N–H and O–H groups in total. The first kappa shape index (κ1) is 16.3. The Labute approximate surface area is 127 Å². The maximum Gasteiger partial charge on any atom is 0.308 e. The van der Waals surface area contributed by atoms with Gasteiger partial charge in [-0.2, -0.15) is 0 Å². The zero-order chi connectivity index (χ0) is 15.3. The summed E-state index contributed by atoms with van der Waals surface area (Å²) in [6.45, 7) is 1.36. The zero-order valence-electron chi connectivity index (χ0n) is 13.3. The van der Waals surface area contributed by atoms with E-state index < -0.39 is 0 Å². The minimum absolute atomic E-state index is 0.00543. The van der Waals surface area contributed by atoms with Crippen LogP contribution in [0.3, 0.4) is 0 Å². The molecule has 0 spiro atoms. The van der Waals surface area contributed by atoms with E-state index in [1.165, 1.54) is 26.4 Å². The molecule has 0 aromatic rings. The van der Waals surface area contributed by atoms with Gasteiger partial charge in [-0.1, -0.05) is 19.3 Å². The van der Waals surface area contributed by atoms with E-state index in [2.05, 4.69) is 5.32 Å². The number of nitrogens with one attached hydrogen (secondary N) is 1. The second-order valence-corrected chi connectivity index (χ2v) is 6.45. The first-order chi connectivity index (χ1) is 10.1. The summed E-state index contributed by atoms with van der Waals surface area (Å²) >= 11 is 0. The van der Waals surface area contributed by atoms with Crippen molar-refractivity contribution in [1.82, 2.24) is 10.2 Å². The van der Waals surface area contributed by atoms with E-state index in [9.17, 15) is 9.59 Å². The van der Waals surface area contributed by atoms with E-state index in [1.807, 2.05) is 11.9 Å². The van der Waals surface area contributed by atoms with Crippen LogP contribution < -0.4 is 5.32 Å². The maximum atomic E-state index is 12.5. The average molecular weight is 296 g/mol. The van der Waals surface area contributed by atoms with Gasteiger partial charge in [0, 0.05) is 25.0 Å². The second-order valence-electron chi connectivity index (χ2n) is 6.45. The van der Waals surface area contributed by atoms with E-state index in [0.717, 1.165) is 25.7 Å². The lowest BCUT2D eigenvalue weighted by molar-refractivity contribution is -0.149. The van der Waals surface area contributed by atoms with Crippen molar-refractivity contribution in [2.24, 2.45) is 5.92 Å². The smallest absolute Gasteiger partial charge is 0.308 e. The third-order valence-corrected chi connectivity index (χ3v) is 5.21. The van der Waals surface area contributed by atoms with Crippen LogP contribution in [0.1, 0.15) is 51.4 Å². The molecule has 0 unspecified atom stereocenters. The zero-order valence-corrected chi connectivity index (χ0v) is 13.3. The average Bonchev–Trinajstić information content (AvgIpc) is 2.55. The molecule has 0 bridgehead atoms. The minimum Gasteiger partial charge on any atom is -0.469 e. The van der Waals surface area contributed by atoms with Crippen molar-refractivity contribution in [2.75, 3.05) is 27.2 Å². The quantitative estimate of drug-likeness (QED) is 0.802. The lowest BCUT2D eigenvalue weighted by Crippen LogP contribution is -2.50. The number of methoxy groups -OCH3 is 1. The number of carbonyl (C=O) groups is 2. The van der Waals surface area contributed by atoms with Crippen LogP contribution in [0.25, 0.3) is 0 Å². The first-order valence-electron chi connectivity index (χ1n) is 8.15. The van der Waals surface area contributed by atoms with Gasteiger partial charge in [0.05, 0.1) is 13.0 Å². The van der Waals surface area contributed by atoms with Crippen LogP contribution >= 0.6 is 0 Å². The number of carbonyl (C=O) groups excluding carboxylic acids is 2. The van der Waals surface area contributed by atoms with E-state index in [0.29, 0.717) is 19.5 Å². The predicted molar refractivity (Wildman–Crippen MR) is 80.8 cm³/mol. The second kappa shape index (κ2) is 7.25. The van der Waals surface area contributed by atoms with Crippen molar-refractivity contribution in [2.45, 2.75) is 56.9 Å². The van der Waals surface area contributed by atoms with Gasteiger partial charge in [0.1, 0.15) is 0 Å². The number of rotatable bonds is 4. The molecule has 1 amide bonds. The number of esters is 1. The van der Waals surface area contributed by atoms with Crippen molar-refractivity contribution in [3.05, 3.63) is 0 Å². The highest BCUT2D eigenvalue weighted by atomic mass is 16.5. The van der Waals surface area contributed by atoms with Gasteiger partial charge in [0.25, 0.3) is 0 Å². The van der Waals surface area contributed by atoms with Crippen LogP contribution in [-0.4, -0.2) is 49.6 Å². The number of ether oxygens (including phenoxy) is 1. The normalized spacial score (nSPS) is 22.9. The van der Waals surface area contributed by atoms with E-state index in [-0.39, 0.29) is 23.3 Å². The molecule has 0 atom stereocenters. The summed E-state index contributed by atoms with van der Waals surface area (Å²) in [4.78, 5) is 26.0. The Kier molecular flexibility index (Phi) is 5.62. The molecule has 120 valence electrons. The molecule has 1 aliphatic heterocycles. The Bertz CT molecular complexity index is 370. The Morgan fingerprint density at radius 2 is 1.81 bits per heavy atom. The molecule has 0 aromatic carbocycles. The van der Waals surface area contributed by atoms with Crippen molar-refractivity contribution in [3.8, 4) is 0 Å². The summed E-state index contributed by atoms with van der Waals surface area (Å²) in [5.41, 5.74) is -0.00543. The molecule has 2 aliphatic rings. The fourth-order valence-electron chi connectivity index (χ4n) is 3.68. The molecule has 5 nitrogen and oxygen atoms in total. The monoisotopic (exact) mass is 296 g/mol. The summed E-state index contributed by atoms with van der Waals surface area (Å²) in [5.74, 6) is 0.0580. The molecular weight excluding hydrogens is 268 g/mol. The van der Waals surface area contributed by atoms with E-state index >= 15 is 0 Å². The molecule has 5 heteroatoms. The van der Waals surface area contributed by atoms with E-state index in [1.54, 1.807) is 0 Å². The number of amides is 1. The highest BCUT2D eigenvalue weighted by molar-refractivity contribution is 5.78. The van der Waals surface area contributed by atoms with Gasteiger partial charge in [-0.05, 0) is 32.7 Å². The Balaban J connectivity index is 1.85. The Hall–Kier alpha value is -1.10. The Morgan fingerprint density at radius 1 is 1.19 bits per heavy atom. The summed E-state index contributed by atoms with van der Waals surface area (Å²) in [6.07, 6.45) is 7.92. The van der Waals surface area contributed by atoms with Crippen molar-refractivity contribution >= 4 is 11.9 Å². The summed E-state index contributed by atoms with van der Waals surface area (Å²) < 4.78 is 4.79. The van der Waals surface area contributed by atoms with Crippen molar-refractivity contribution < 1.29 is 14.3 Å². The third kappa shape index (κ3) is 3.96. The molecule has 0 aromatic heterocycles. The molecule has 21 heavy (non-hydrogen) atoms. The van der Waals surface area contributed by atoms with Gasteiger partial charge in [0.2, 0.25) is 5.91 Å². The molecule has 2 fully saturated rings. The van der Waals surface area contributed by atoms with Gasteiger partial charge in [0.15, 0.2) is 0 Å². The van der Waals surface area contributed by atoms with Crippen LogP contribution in [0.5, 0.6) is 0 Å². The lowest BCUT2D eigenvalue weighted by Gasteiger charge is -2.39. The summed E-state index contributed by atoms with van der Waals surface area (Å²) in [5, 5.41) is 3.40. The topological polar surface area (TPSA) is 58.6 Å². The number of piperidine rings is 1. The summed E-state index contributed by atoms with van der Waals surface area (Å²) in [6, 6.07) is 0. The highest BCUT2D eigenvalue weighted by Crippen LogP contribution is 2.32. The number of likely N-dealkylation sites (tertiary alicyclic amines) is 1. The highest BCUT2D eigenvalue weighted by Gasteiger charge is 2.35. The molecule has 1 saturated carbocycles. The van der Waals surface area contributed by atoms with Crippen LogP contribution in [-0.2, 0) is 14.3 Å². The fourth-order valence-corrected chi connectivity index (χ4v) is 3.68. The van der Waals surface area contributed by atoms with E-state index in [4.69, 9.17) is 4.74 Å². The Morgan fingerprint density at radius 3 is 2.33 bits per heavy atom. The largest absolute Gasteiger partial charge is 0.469 e. The van der Waals surface area contributed by atoms with Gasteiger partial charge < -0.3 is 15.0 Å². The number of hydrogen-bond donors (Lipinski definition) is 1. The maximum absolute atomic E-state index is 12.5. The molecular formula is C16H28N2O3. The summed E-state index contributed by atoms with van der Waals surface area (Å²) in [7, 11) is 3.40. The number of hydrogen-bond acceptors (Lipinski definition) is 4. The van der Waals surface area contributed by atoms with Gasteiger partial charge in [-0.15, -0.1) is 0 Å². The molecule has 1 heterocycles. The van der Waals surface area contributed by atoms with Gasteiger partial charge >= 0.3 is 5.97 Å². The van der Waals surface area contributed by atoms with Crippen LogP contribution in [0, 0.1) is 5.92 Å². The minimum atomic E-state index is -0.138. The fraction of sp³-hybridized carbons (Fsp3) is 0.875. The first-order valence-corrected chi connectivity index (χ1v) is 8.15. The predicted octanol–water partition coefficient (Wildman–Crippen LogP) is 1.71. The van der Waals surface area contributed by atoms with Crippen molar-refractivity contribution in [1.29, 1.82) is 0 Å². The van der Waals surface area contributed by atoms with Crippen LogP contribution in [0.2, 0.25) is 0 Å². The number of nitrogens with zero attached hydrogens (tertiary/aromatic N) is 1. The van der Waals surface area contributed by atoms with Crippen LogP contribution in [0.15, 0.2) is 0 Å². The SMILES string of the molecule is CNC1(CC(=O)N2CCC(C(=O)OC)CC2)CCCCC1. The van der Waals surface area contributed by atoms with Gasteiger partial charge in [-0.3, -0.25) is 9.59 Å². The lowest BCUT2D eigenvalue weighted by atomic mass is 9.79.